The van der Waals surface area contributed by atoms with Gasteiger partial charge in [0.1, 0.15) is 16.6 Å². The summed E-state index contributed by atoms with van der Waals surface area (Å²) in [7, 11) is 0. The Balaban J connectivity index is 2.01. The van der Waals surface area contributed by atoms with Gasteiger partial charge in [-0.1, -0.05) is 0 Å². The molecule has 0 bridgehead atoms. The molecule has 0 aliphatic heterocycles. The van der Waals surface area contributed by atoms with Crippen LogP contribution in [0.4, 0.5) is 11.6 Å². The zero-order valence-electron chi connectivity index (χ0n) is 7.74. The van der Waals surface area contributed by atoms with Crippen molar-refractivity contribution in [2.45, 2.75) is 13.5 Å². The molecule has 2 aromatic rings. The summed E-state index contributed by atoms with van der Waals surface area (Å²) in [6, 6.07) is 0. The third-order valence-corrected chi connectivity index (χ3v) is 2.52. The smallest absolute Gasteiger partial charge is 0.169 e. The lowest BCUT2D eigenvalue weighted by Gasteiger charge is -1.99. The van der Waals surface area contributed by atoms with Crippen molar-refractivity contribution in [3.63, 3.8) is 0 Å². The minimum atomic E-state index is 0.569. The number of aryl methyl sites for hydroxylation is 1. The lowest BCUT2D eigenvalue weighted by Crippen LogP contribution is -2.01. The molecule has 0 aromatic carbocycles. The number of hydrogen-bond donors (Lipinski definition) is 3. The molecule has 0 saturated heterocycles. The molecule has 0 aliphatic rings. The van der Waals surface area contributed by atoms with E-state index < -0.39 is 0 Å². The second-order valence-electron chi connectivity index (χ2n) is 2.86. The number of thiazole rings is 1. The molecule has 2 heterocycles. The number of rotatable bonds is 3. The topological polar surface area (TPSA) is 79.6 Å². The van der Waals surface area contributed by atoms with Crippen LogP contribution >= 0.6 is 11.3 Å². The van der Waals surface area contributed by atoms with Gasteiger partial charge in [-0.05, 0) is 6.92 Å². The van der Waals surface area contributed by atoms with E-state index in [9.17, 15) is 0 Å². The van der Waals surface area contributed by atoms with Crippen LogP contribution in [0.2, 0.25) is 0 Å². The van der Waals surface area contributed by atoms with E-state index in [1.54, 1.807) is 17.5 Å². The highest BCUT2D eigenvalue weighted by atomic mass is 32.1. The Morgan fingerprint density at radius 1 is 1.64 bits per heavy atom. The molecule has 14 heavy (non-hydrogen) atoms. The average molecular weight is 209 g/mol. The van der Waals surface area contributed by atoms with E-state index in [-0.39, 0.29) is 0 Å². The highest BCUT2D eigenvalue weighted by Crippen LogP contribution is 2.15. The Kier molecular flexibility index (Phi) is 2.36. The molecule has 0 unspecified atom stereocenters. The molecule has 2 aromatic heterocycles. The van der Waals surface area contributed by atoms with Crippen LogP contribution in [-0.2, 0) is 6.54 Å². The Labute approximate surface area is 85.4 Å². The van der Waals surface area contributed by atoms with Crippen LogP contribution in [0.5, 0.6) is 0 Å². The van der Waals surface area contributed by atoms with Crippen LogP contribution in [0.1, 0.15) is 10.8 Å². The number of nitrogen functional groups attached to an aromatic ring is 1. The summed E-state index contributed by atoms with van der Waals surface area (Å²) in [6.45, 7) is 2.52. The number of hydrogen-bond acceptors (Lipinski definition) is 5. The minimum Gasteiger partial charge on any atom is -0.382 e. The molecule has 2 rings (SSSR count). The first kappa shape index (κ1) is 9.01. The summed E-state index contributed by atoms with van der Waals surface area (Å²) in [6.07, 6.45) is 1.78. The van der Waals surface area contributed by atoms with E-state index in [2.05, 4.69) is 20.3 Å². The molecule has 0 fully saturated rings. The quantitative estimate of drug-likeness (QED) is 0.713. The molecule has 74 valence electrons. The molecule has 5 nitrogen and oxygen atoms in total. The van der Waals surface area contributed by atoms with Gasteiger partial charge in [0.2, 0.25) is 0 Å². The van der Waals surface area contributed by atoms with Crippen LogP contribution in [0.25, 0.3) is 0 Å². The normalized spacial score (nSPS) is 10.4. The van der Waals surface area contributed by atoms with Crippen molar-refractivity contribution in [2.24, 2.45) is 0 Å². The van der Waals surface area contributed by atoms with Gasteiger partial charge in [0, 0.05) is 11.6 Å². The second kappa shape index (κ2) is 3.67. The van der Waals surface area contributed by atoms with Crippen molar-refractivity contribution in [1.29, 1.82) is 0 Å². The van der Waals surface area contributed by atoms with E-state index in [4.69, 9.17) is 5.73 Å². The van der Waals surface area contributed by atoms with Crippen LogP contribution < -0.4 is 11.1 Å². The lowest BCUT2D eigenvalue weighted by molar-refractivity contribution is 1.08. The predicted octanol–water partition coefficient (Wildman–Crippen LogP) is 1.37. The van der Waals surface area contributed by atoms with Crippen molar-refractivity contribution >= 4 is 23.0 Å². The van der Waals surface area contributed by atoms with Crippen molar-refractivity contribution in [2.75, 3.05) is 11.1 Å². The van der Waals surface area contributed by atoms with Gasteiger partial charge in [0.05, 0.1) is 6.54 Å². The first-order chi connectivity index (χ1) is 6.75. The van der Waals surface area contributed by atoms with Gasteiger partial charge in [-0.3, -0.25) is 0 Å². The number of aromatic nitrogens is 3. The second-order valence-corrected chi connectivity index (χ2v) is 3.84. The Morgan fingerprint density at radius 2 is 2.50 bits per heavy atom. The first-order valence-electron chi connectivity index (χ1n) is 4.20. The maximum Gasteiger partial charge on any atom is 0.169 e. The Bertz CT molecular complexity index is 405. The van der Waals surface area contributed by atoms with Crippen LogP contribution in [-0.4, -0.2) is 15.0 Å². The van der Waals surface area contributed by atoms with Crippen LogP contribution in [0.15, 0.2) is 11.6 Å². The summed E-state index contributed by atoms with van der Waals surface area (Å²) in [5.74, 6) is 2.07. The SMILES string of the molecule is Cc1nc(NCc2nccs2)c(N)[nH]1. The minimum absolute atomic E-state index is 0.569. The van der Waals surface area contributed by atoms with Gasteiger partial charge in [0.15, 0.2) is 5.82 Å². The number of aromatic amines is 1. The maximum atomic E-state index is 5.68. The molecule has 0 radical (unpaired) electrons. The van der Waals surface area contributed by atoms with E-state index in [1.807, 2.05) is 12.3 Å². The molecule has 0 aliphatic carbocycles. The molecule has 0 spiro atoms. The maximum absolute atomic E-state index is 5.68. The van der Waals surface area contributed by atoms with Gasteiger partial charge in [-0.2, -0.15) is 0 Å². The van der Waals surface area contributed by atoms with Gasteiger partial charge in [-0.15, -0.1) is 11.3 Å². The number of imidazole rings is 1. The monoisotopic (exact) mass is 209 g/mol. The summed E-state index contributed by atoms with van der Waals surface area (Å²) in [5, 5.41) is 6.08. The highest BCUT2D eigenvalue weighted by molar-refractivity contribution is 7.09. The fraction of sp³-hybridized carbons (Fsp3) is 0.250. The van der Waals surface area contributed by atoms with Crippen LogP contribution in [0.3, 0.4) is 0 Å². The van der Waals surface area contributed by atoms with Gasteiger partial charge >= 0.3 is 0 Å². The van der Waals surface area contributed by atoms with Gasteiger partial charge in [0.25, 0.3) is 0 Å². The van der Waals surface area contributed by atoms with Crippen molar-refractivity contribution < 1.29 is 0 Å². The van der Waals surface area contributed by atoms with Crippen molar-refractivity contribution in [3.05, 3.63) is 22.4 Å². The third-order valence-electron chi connectivity index (χ3n) is 1.74. The number of nitrogens with two attached hydrogens (primary N) is 1. The number of nitrogens with zero attached hydrogens (tertiary/aromatic N) is 2. The summed E-state index contributed by atoms with van der Waals surface area (Å²) in [5.41, 5.74) is 5.68. The zero-order chi connectivity index (χ0) is 9.97. The largest absolute Gasteiger partial charge is 0.382 e. The Hall–Kier alpha value is -1.56. The standard InChI is InChI=1S/C8H11N5S/c1-5-12-7(9)8(13-5)11-4-6-10-2-3-14-6/h2-3,11H,4,9H2,1H3,(H,12,13). The molecule has 0 atom stereocenters. The fourth-order valence-corrected chi connectivity index (χ4v) is 1.70. The molecular weight excluding hydrogens is 198 g/mol. The third kappa shape index (κ3) is 1.85. The summed E-state index contributed by atoms with van der Waals surface area (Å²) < 4.78 is 0. The van der Waals surface area contributed by atoms with E-state index in [0.29, 0.717) is 18.2 Å². The summed E-state index contributed by atoms with van der Waals surface area (Å²) >= 11 is 1.60. The molecule has 0 saturated carbocycles. The zero-order valence-corrected chi connectivity index (χ0v) is 8.56. The van der Waals surface area contributed by atoms with E-state index >= 15 is 0 Å². The lowest BCUT2D eigenvalue weighted by atomic mass is 10.6. The van der Waals surface area contributed by atoms with Gasteiger partial charge in [-0.25, -0.2) is 9.97 Å². The fourth-order valence-electron chi connectivity index (χ4n) is 1.14. The number of H-pyrrole nitrogens is 1. The first-order valence-corrected chi connectivity index (χ1v) is 5.08. The van der Waals surface area contributed by atoms with Crippen molar-refractivity contribution in [3.8, 4) is 0 Å². The molecule has 0 amide bonds. The summed E-state index contributed by atoms with van der Waals surface area (Å²) in [4.78, 5) is 11.3. The van der Waals surface area contributed by atoms with Gasteiger partial charge < -0.3 is 16.0 Å². The number of anilines is 2. The highest BCUT2D eigenvalue weighted by Gasteiger charge is 2.04. The van der Waals surface area contributed by atoms with E-state index in [1.165, 1.54) is 0 Å². The number of nitrogens with one attached hydrogen (secondary N) is 2. The van der Waals surface area contributed by atoms with Crippen LogP contribution in [0, 0.1) is 6.92 Å². The molecule has 6 heteroatoms. The molecule has 4 N–H and O–H groups in total. The van der Waals surface area contributed by atoms with Crippen molar-refractivity contribution in [1.82, 2.24) is 15.0 Å². The predicted molar refractivity (Wildman–Crippen MR) is 57.2 cm³/mol. The molecular formula is C8H11N5S. The Morgan fingerprint density at radius 3 is 3.07 bits per heavy atom. The average Bonchev–Trinajstić information content (AvgIpc) is 2.72. The van der Waals surface area contributed by atoms with E-state index in [0.717, 1.165) is 10.8 Å².